The normalized spacial score (nSPS) is 19.0. The first-order valence-electron chi connectivity index (χ1n) is 8.32. The van der Waals surface area contributed by atoms with Gasteiger partial charge < -0.3 is 14.4 Å². The van der Waals surface area contributed by atoms with E-state index < -0.39 is 5.60 Å². The molecule has 1 fully saturated rings. The summed E-state index contributed by atoms with van der Waals surface area (Å²) in [5.41, 5.74) is 0.341. The molecule has 24 heavy (non-hydrogen) atoms. The molecule has 2 rings (SSSR count). The smallest absolute Gasteiger partial charge is 0.410 e. The van der Waals surface area contributed by atoms with Crippen molar-refractivity contribution < 1.29 is 14.3 Å². The van der Waals surface area contributed by atoms with Gasteiger partial charge in [0.1, 0.15) is 11.3 Å². The maximum absolute atomic E-state index is 12.3. The van der Waals surface area contributed by atoms with Crippen LogP contribution in [0.2, 0.25) is 0 Å². The predicted octanol–water partition coefficient (Wildman–Crippen LogP) is 2.32. The third kappa shape index (κ3) is 5.06. The summed E-state index contributed by atoms with van der Waals surface area (Å²) in [4.78, 5) is 24.8. The van der Waals surface area contributed by atoms with Crippen LogP contribution in [0.3, 0.4) is 0 Å². The molecule has 134 valence electrons. The second-order valence-corrected chi connectivity index (χ2v) is 7.13. The van der Waals surface area contributed by atoms with Crippen molar-refractivity contribution in [1.82, 2.24) is 19.8 Å². The van der Waals surface area contributed by atoms with Crippen LogP contribution in [0.15, 0.2) is 12.4 Å². The molecule has 1 atom stereocenters. The van der Waals surface area contributed by atoms with E-state index in [1.165, 1.54) is 0 Å². The van der Waals surface area contributed by atoms with Crippen molar-refractivity contribution in [3.8, 4) is 5.88 Å². The molecule has 1 aromatic heterocycles. The van der Waals surface area contributed by atoms with Gasteiger partial charge in [-0.25, -0.2) is 9.78 Å². The van der Waals surface area contributed by atoms with Gasteiger partial charge in [-0.3, -0.25) is 9.88 Å². The molecule has 0 radical (unpaired) electrons. The molecular formula is C17H28N4O3. The Bertz CT molecular complexity index is 559. The highest BCUT2D eigenvalue weighted by atomic mass is 16.6. The van der Waals surface area contributed by atoms with Crippen LogP contribution < -0.4 is 4.74 Å². The number of likely N-dealkylation sites (N-methyl/N-ethyl adjacent to an activating group) is 1. The number of hydrogen-bond acceptors (Lipinski definition) is 6. The highest BCUT2D eigenvalue weighted by Gasteiger charge is 2.29. The summed E-state index contributed by atoms with van der Waals surface area (Å²) in [6.07, 6.45) is 5.03. The Morgan fingerprint density at radius 3 is 2.75 bits per heavy atom. The van der Waals surface area contributed by atoms with Crippen LogP contribution in [0, 0.1) is 0 Å². The molecule has 0 spiro atoms. The largest absolute Gasteiger partial charge is 0.480 e. The lowest BCUT2D eigenvalue weighted by atomic mass is 10.0. The number of rotatable bonds is 4. The minimum absolute atomic E-state index is 0.135. The molecule has 7 nitrogen and oxygen atoms in total. The molecule has 0 aliphatic carbocycles. The minimum atomic E-state index is -0.479. The number of hydrogen-bond donors (Lipinski definition) is 0. The van der Waals surface area contributed by atoms with Crippen LogP contribution in [-0.2, 0) is 11.3 Å². The number of ether oxygens (including phenoxy) is 2. The maximum atomic E-state index is 12.3. The summed E-state index contributed by atoms with van der Waals surface area (Å²) in [5, 5.41) is 0. The number of carbonyl (C=O) groups is 1. The van der Waals surface area contributed by atoms with Gasteiger partial charge in [0.2, 0.25) is 5.88 Å². The van der Waals surface area contributed by atoms with E-state index in [1.807, 2.05) is 27.8 Å². The zero-order valence-corrected chi connectivity index (χ0v) is 15.3. The van der Waals surface area contributed by atoms with Crippen molar-refractivity contribution >= 4 is 6.09 Å². The van der Waals surface area contributed by atoms with Crippen LogP contribution in [0.25, 0.3) is 0 Å². The average molecular weight is 336 g/mol. The van der Waals surface area contributed by atoms with Gasteiger partial charge in [0.25, 0.3) is 0 Å². The molecule has 1 aliphatic heterocycles. The van der Waals surface area contributed by atoms with Crippen molar-refractivity contribution in [3.05, 3.63) is 18.1 Å². The average Bonchev–Trinajstić information content (AvgIpc) is 2.53. The number of methoxy groups -OCH3 is 1. The molecule has 7 heteroatoms. The highest BCUT2D eigenvalue weighted by molar-refractivity contribution is 5.68. The van der Waals surface area contributed by atoms with E-state index in [-0.39, 0.29) is 12.1 Å². The Morgan fingerprint density at radius 2 is 2.08 bits per heavy atom. The third-order valence-electron chi connectivity index (χ3n) is 4.01. The zero-order chi connectivity index (χ0) is 17.7. The first-order chi connectivity index (χ1) is 11.3. The molecule has 1 aliphatic rings. The summed E-state index contributed by atoms with van der Waals surface area (Å²) < 4.78 is 10.7. The minimum Gasteiger partial charge on any atom is -0.480 e. The fraction of sp³-hybridized carbons (Fsp3) is 0.706. The van der Waals surface area contributed by atoms with Gasteiger partial charge >= 0.3 is 6.09 Å². The summed E-state index contributed by atoms with van der Waals surface area (Å²) in [5.74, 6) is 0.556. The first-order valence-corrected chi connectivity index (χ1v) is 8.32. The number of nitrogens with zero attached hydrogens (tertiary/aromatic N) is 4. The fourth-order valence-electron chi connectivity index (χ4n) is 2.82. The van der Waals surface area contributed by atoms with Gasteiger partial charge in [0.05, 0.1) is 7.11 Å². The molecular weight excluding hydrogens is 308 g/mol. The third-order valence-corrected chi connectivity index (χ3v) is 4.01. The van der Waals surface area contributed by atoms with Crippen LogP contribution in [-0.4, -0.2) is 64.8 Å². The topological polar surface area (TPSA) is 67.8 Å². The molecule has 2 heterocycles. The molecule has 0 saturated carbocycles. The Hall–Kier alpha value is -1.89. The van der Waals surface area contributed by atoms with Crippen molar-refractivity contribution in [1.29, 1.82) is 0 Å². The van der Waals surface area contributed by atoms with Crippen LogP contribution in [0.1, 0.15) is 39.3 Å². The monoisotopic (exact) mass is 336 g/mol. The van der Waals surface area contributed by atoms with E-state index in [0.29, 0.717) is 12.4 Å². The fourth-order valence-corrected chi connectivity index (χ4v) is 2.82. The maximum Gasteiger partial charge on any atom is 0.410 e. The number of likely N-dealkylation sites (tertiary alicyclic amines) is 1. The van der Waals surface area contributed by atoms with E-state index in [1.54, 1.807) is 24.4 Å². The zero-order valence-electron chi connectivity index (χ0n) is 15.3. The van der Waals surface area contributed by atoms with E-state index in [0.717, 1.165) is 31.6 Å². The van der Waals surface area contributed by atoms with Gasteiger partial charge in [-0.15, -0.1) is 0 Å². The predicted molar refractivity (Wildman–Crippen MR) is 90.9 cm³/mol. The second kappa shape index (κ2) is 7.79. The lowest BCUT2D eigenvalue weighted by Gasteiger charge is -2.38. The van der Waals surface area contributed by atoms with E-state index in [4.69, 9.17) is 9.47 Å². The van der Waals surface area contributed by atoms with Crippen LogP contribution in [0.4, 0.5) is 4.79 Å². The molecule has 0 aromatic carbocycles. The van der Waals surface area contributed by atoms with Crippen molar-refractivity contribution in [2.45, 2.75) is 51.8 Å². The Labute approximate surface area is 144 Å². The quantitative estimate of drug-likeness (QED) is 0.840. The first kappa shape index (κ1) is 18.4. The lowest BCUT2D eigenvalue weighted by Crippen LogP contribution is -2.49. The molecule has 0 N–H and O–H groups in total. The lowest BCUT2D eigenvalue weighted by molar-refractivity contribution is 0.0128. The van der Waals surface area contributed by atoms with Gasteiger partial charge in [-0.2, -0.15) is 0 Å². The molecule has 0 unspecified atom stereocenters. The van der Waals surface area contributed by atoms with Gasteiger partial charge in [0, 0.05) is 38.6 Å². The molecule has 0 bridgehead atoms. The second-order valence-electron chi connectivity index (χ2n) is 7.13. The van der Waals surface area contributed by atoms with E-state index >= 15 is 0 Å². The van der Waals surface area contributed by atoms with E-state index in [2.05, 4.69) is 14.9 Å². The highest BCUT2D eigenvalue weighted by Crippen LogP contribution is 2.21. The SMILES string of the molecule is COc1nccnc1CN1CCC[C@H](N(C)C(=O)OC(C)(C)C)C1. The van der Waals surface area contributed by atoms with Crippen molar-refractivity contribution in [3.63, 3.8) is 0 Å². The molecule has 1 saturated heterocycles. The van der Waals surface area contributed by atoms with Crippen molar-refractivity contribution in [2.24, 2.45) is 0 Å². The molecule has 1 amide bonds. The summed E-state index contributed by atoms with van der Waals surface area (Å²) in [6, 6.07) is 0.135. The summed E-state index contributed by atoms with van der Waals surface area (Å²) in [7, 11) is 3.41. The van der Waals surface area contributed by atoms with Gasteiger partial charge in [0.15, 0.2) is 0 Å². The van der Waals surface area contributed by atoms with Gasteiger partial charge in [-0.1, -0.05) is 0 Å². The standard InChI is InChI=1S/C17H28N4O3/c1-17(2,3)24-16(22)20(4)13-7-6-10-21(11-13)12-14-15(23-5)19-9-8-18-14/h8-9,13H,6-7,10-12H2,1-5H3/t13-/m0/s1. The van der Waals surface area contributed by atoms with Crippen LogP contribution >= 0.6 is 0 Å². The van der Waals surface area contributed by atoms with E-state index in [9.17, 15) is 4.79 Å². The van der Waals surface area contributed by atoms with Crippen molar-refractivity contribution in [2.75, 3.05) is 27.2 Å². The Morgan fingerprint density at radius 1 is 1.38 bits per heavy atom. The Kier molecular flexibility index (Phi) is 5.99. The van der Waals surface area contributed by atoms with Gasteiger partial charge in [-0.05, 0) is 40.2 Å². The number of aromatic nitrogens is 2. The Balaban J connectivity index is 1.97. The summed E-state index contributed by atoms with van der Waals surface area (Å²) >= 11 is 0. The molecule has 1 aromatic rings. The number of carbonyl (C=O) groups excluding carboxylic acids is 1. The summed E-state index contributed by atoms with van der Waals surface area (Å²) in [6.45, 7) is 8.06. The number of amides is 1. The number of piperidine rings is 1. The van der Waals surface area contributed by atoms with Crippen LogP contribution in [0.5, 0.6) is 5.88 Å².